The Balaban J connectivity index is 2.31. The van der Waals surface area contributed by atoms with Crippen molar-refractivity contribution in [3.05, 3.63) is 35.6 Å². The predicted molar refractivity (Wildman–Crippen MR) is 57.6 cm³/mol. The van der Waals surface area contributed by atoms with Crippen molar-refractivity contribution in [1.82, 2.24) is 5.32 Å². The average molecular weight is 223 g/mol. The van der Waals surface area contributed by atoms with Gasteiger partial charge in [-0.05, 0) is 13.0 Å². The van der Waals surface area contributed by atoms with Crippen LogP contribution in [0.4, 0.5) is 4.39 Å². The third-order valence-corrected chi connectivity index (χ3v) is 2.82. The highest BCUT2D eigenvalue weighted by Crippen LogP contribution is 2.26. The molecule has 3 nitrogen and oxygen atoms in total. The van der Waals surface area contributed by atoms with E-state index in [2.05, 4.69) is 5.32 Å². The summed E-state index contributed by atoms with van der Waals surface area (Å²) < 4.78 is 19.0. The monoisotopic (exact) mass is 223 g/mol. The first-order valence-corrected chi connectivity index (χ1v) is 5.21. The zero-order valence-electron chi connectivity index (χ0n) is 9.07. The number of hydrogen-bond acceptors (Lipinski definition) is 3. The molecule has 2 unspecified atom stereocenters. The fraction of sp³-hybridized carbons (Fsp3) is 0.417. The summed E-state index contributed by atoms with van der Waals surface area (Å²) in [5.41, 5.74) is -0.114. The Morgan fingerprint density at radius 1 is 1.56 bits per heavy atom. The smallest absolute Gasteiger partial charge is 0.139 e. The molecule has 1 aliphatic rings. The highest BCUT2D eigenvalue weighted by molar-refractivity contribution is 5.58. The third-order valence-electron chi connectivity index (χ3n) is 2.82. The van der Waals surface area contributed by atoms with Crippen molar-refractivity contribution in [3.8, 4) is 0 Å². The van der Waals surface area contributed by atoms with E-state index in [1.807, 2.05) is 6.92 Å². The topological polar surface area (TPSA) is 38.3 Å². The number of carbonyl (C=O) groups excluding carboxylic acids is 1. The molecule has 1 aliphatic heterocycles. The Morgan fingerprint density at radius 2 is 2.31 bits per heavy atom. The van der Waals surface area contributed by atoms with Crippen LogP contribution >= 0.6 is 0 Å². The summed E-state index contributed by atoms with van der Waals surface area (Å²) >= 11 is 0. The largest absolute Gasteiger partial charge is 0.377 e. The van der Waals surface area contributed by atoms with Crippen LogP contribution in [-0.2, 0) is 15.1 Å². The molecule has 1 heterocycles. The Kier molecular flexibility index (Phi) is 3.03. The van der Waals surface area contributed by atoms with Gasteiger partial charge in [-0.3, -0.25) is 5.32 Å². The number of carbonyl (C=O) groups is 1. The standard InChI is InChI=1S/C12H14FNO2/c1-12(8-16-7-9(6-15)14-12)10-4-2-3-5-11(10)13/h2-6,9,14H,7-8H2,1H3. The van der Waals surface area contributed by atoms with Crippen molar-refractivity contribution >= 4 is 6.29 Å². The second-order valence-electron chi connectivity index (χ2n) is 4.21. The molecule has 0 spiro atoms. The molecule has 1 saturated heterocycles. The van der Waals surface area contributed by atoms with Gasteiger partial charge in [0.25, 0.3) is 0 Å². The summed E-state index contributed by atoms with van der Waals surface area (Å²) in [7, 11) is 0. The van der Waals surface area contributed by atoms with Crippen LogP contribution in [0.3, 0.4) is 0 Å². The number of rotatable bonds is 2. The molecule has 4 heteroatoms. The fourth-order valence-electron chi connectivity index (χ4n) is 2.02. The van der Waals surface area contributed by atoms with Gasteiger partial charge in [0.05, 0.1) is 24.8 Å². The van der Waals surface area contributed by atoms with E-state index in [-0.39, 0.29) is 11.9 Å². The summed E-state index contributed by atoms with van der Waals surface area (Å²) in [6.07, 6.45) is 0.790. The molecule has 1 aromatic rings. The van der Waals surface area contributed by atoms with Crippen LogP contribution in [0, 0.1) is 5.82 Å². The molecule has 1 aromatic carbocycles. The summed E-state index contributed by atoms with van der Waals surface area (Å²) in [5.74, 6) is -0.285. The molecule has 2 rings (SSSR count). The van der Waals surface area contributed by atoms with Gasteiger partial charge in [0, 0.05) is 5.56 Å². The normalized spacial score (nSPS) is 30.0. The molecule has 86 valence electrons. The van der Waals surface area contributed by atoms with E-state index in [4.69, 9.17) is 4.74 Å². The Morgan fingerprint density at radius 3 is 3.00 bits per heavy atom. The zero-order chi connectivity index (χ0) is 11.6. The number of ether oxygens (including phenoxy) is 1. The van der Waals surface area contributed by atoms with Crippen molar-refractivity contribution in [2.45, 2.75) is 18.5 Å². The predicted octanol–water partition coefficient (Wildman–Crippen LogP) is 1.23. The van der Waals surface area contributed by atoms with E-state index < -0.39 is 5.54 Å². The van der Waals surface area contributed by atoms with E-state index >= 15 is 0 Å². The first kappa shape index (κ1) is 11.2. The lowest BCUT2D eigenvalue weighted by Gasteiger charge is -2.38. The van der Waals surface area contributed by atoms with Gasteiger partial charge >= 0.3 is 0 Å². The molecule has 2 atom stereocenters. The number of halogens is 1. The SMILES string of the molecule is CC1(c2ccccc2F)COCC(C=O)N1. The summed E-state index contributed by atoms with van der Waals surface area (Å²) in [6.45, 7) is 2.53. The average Bonchev–Trinajstić information content (AvgIpc) is 2.29. The van der Waals surface area contributed by atoms with Crippen molar-refractivity contribution in [2.24, 2.45) is 0 Å². The summed E-state index contributed by atoms with van der Waals surface area (Å²) in [5, 5.41) is 3.10. The molecule has 1 fully saturated rings. The zero-order valence-corrected chi connectivity index (χ0v) is 9.07. The van der Waals surface area contributed by atoms with Crippen molar-refractivity contribution in [3.63, 3.8) is 0 Å². The molecular weight excluding hydrogens is 209 g/mol. The third kappa shape index (κ3) is 1.99. The van der Waals surface area contributed by atoms with Gasteiger partial charge in [0.1, 0.15) is 12.1 Å². The Bertz CT molecular complexity index is 396. The van der Waals surface area contributed by atoms with Crippen LogP contribution in [0.1, 0.15) is 12.5 Å². The van der Waals surface area contributed by atoms with Gasteiger partial charge in [-0.15, -0.1) is 0 Å². The van der Waals surface area contributed by atoms with E-state index in [1.165, 1.54) is 6.07 Å². The Hall–Kier alpha value is -1.26. The van der Waals surface area contributed by atoms with Gasteiger partial charge in [0.15, 0.2) is 0 Å². The van der Waals surface area contributed by atoms with Gasteiger partial charge in [0.2, 0.25) is 0 Å². The minimum Gasteiger partial charge on any atom is -0.377 e. The molecule has 0 amide bonds. The lowest BCUT2D eigenvalue weighted by atomic mass is 9.90. The van der Waals surface area contributed by atoms with Crippen LogP contribution in [0.25, 0.3) is 0 Å². The maximum absolute atomic E-state index is 13.7. The quantitative estimate of drug-likeness (QED) is 0.766. The number of morpholine rings is 1. The van der Waals surface area contributed by atoms with Crippen LogP contribution < -0.4 is 5.32 Å². The molecule has 16 heavy (non-hydrogen) atoms. The van der Waals surface area contributed by atoms with Gasteiger partial charge in [-0.1, -0.05) is 18.2 Å². The second-order valence-corrected chi connectivity index (χ2v) is 4.21. The van der Waals surface area contributed by atoms with Crippen LogP contribution in [-0.4, -0.2) is 25.5 Å². The van der Waals surface area contributed by atoms with E-state index in [0.29, 0.717) is 18.8 Å². The first-order chi connectivity index (χ1) is 7.65. The first-order valence-electron chi connectivity index (χ1n) is 5.21. The molecule has 0 radical (unpaired) electrons. The van der Waals surface area contributed by atoms with Crippen LogP contribution in [0.15, 0.2) is 24.3 Å². The lowest BCUT2D eigenvalue weighted by Crippen LogP contribution is -2.56. The fourth-order valence-corrected chi connectivity index (χ4v) is 2.02. The highest BCUT2D eigenvalue weighted by Gasteiger charge is 2.35. The van der Waals surface area contributed by atoms with Crippen molar-refractivity contribution in [2.75, 3.05) is 13.2 Å². The highest BCUT2D eigenvalue weighted by atomic mass is 19.1. The van der Waals surface area contributed by atoms with Crippen LogP contribution in [0.2, 0.25) is 0 Å². The number of nitrogens with one attached hydrogen (secondary N) is 1. The van der Waals surface area contributed by atoms with Crippen LogP contribution in [0.5, 0.6) is 0 Å². The maximum atomic E-state index is 13.7. The molecular formula is C12H14FNO2. The molecule has 1 N–H and O–H groups in total. The second kappa shape index (κ2) is 4.31. The lowest BCUT2D eigenvalue weighted by molar-refractivity contribution is -0.114. The Labute approximate surface area is 93.6 Å². The van der Waals surface area contributed by atoms with Gasteiger partial charge in [-0.25, -0.2) is 4.39 Å². The molecule has 0 bridgehead atoms. The van der Waals surface area contributed by atoms with E-state index in [0.717, 1.165) is 6.29 Å². The number of benzene rings is 1. The van der Waals surface area contributed by atoms with E-state index in [1.54, 1.807) is 18.2 Å². The number of hydrogen-bond donors (Lipinski definition) is 1. The van der Waals surface area contributed by atoms with Crippen molar-refractivity contribution < 1.29 is 13.9 Å². The minimum atomic E-state index is -0.644. The van der Waals surface area contributed by atoms with Gasteiger partial charge < -0.3 is 9.53 Å². The number of aldehydes is 1. The molecule has 0 aliphatic carbocycles. The summed E-state index contributed by atoms with van der Waals surface area (Å²) in [4.78, 5) is 10.7. The van der Waals surface area contributed by atoms with Gasteiger partial charge in [-0.2, -0.15) is 0 Å². The maximum Gasteiger partial charge on any atom is 0.139 e. The molecule has 0 saturated carbocycles. The minimum absolute atomic E-state index is 0.285. The summed E-state index contributed by atoms with van der Waals surface area (Å²) in [6, 6.07) is 6.16. The molecule has 0 aromatic heterocycles. The van der Waals surface area contributed by atoms with Crippen molar-refractivity contribution in [1.29, 1.82) is 0 Å². The van der Waals surface area contributed by atoms with E-state index in [9.17, 15) is 9.18 Å².